The smallest absolute Gasteiger partial charge is 0.261 e. The van der Waals surface area contributed by atoms with E-state index in [-0.39, 0.29) is 23.6 Å². The molecule has 124 valence electrons. The van der Waals surface area contributed by atoms with Crippen molar-refractivity contribution in [1.82, 2.24) is 24.6 Å². The molecule has 1 atom stereocenters. The molecule has 1 aliphatic heterocycles. The molecule has 2 aromatic heterocycles. The fourth-order valence-corrected chi connectivity index (χ4v) is 2.59. The van der Waals surface area contributed by atoms with Gasteiger partial charge in [0.25, 0.3) is 11.8 Å². The van der Waals surface area contributed by atoms with Crippen molar-refractivity contribution in [3.05, 3.63) is 29.8 Å². The quantitative estimate of drug-likeness (QED) is 0.799. The topological polar surface area (TPSA) is 106 Å². The number of methoxy groups -OCH3 is 1. The summed E-state index contributed by atoms with van der Waals surface area (Å²) in [5, 5.41) is 13.1. The second-order valence-corrected chi connectivity index (χ2v) is 5.33. The van der Waals surface area contributed by atoms with Crippen LogP contribution in [0.3, 0.4) is 0 Å². The zero-order chi connectivity index (χ0) is 17.1. The third-order valence-electron chi connectivity index (χ3n) is 3.70. The fourth-order valence-electron chi connectivity index (χ4n) is 2.59. The van der Waals surface area contributed by atoms with Gasteiger partial charge >= 0.3 is 0 Å². The lowest BCUT2D eigenvalue weighted by molar-refractivity contribution is 0.0767. The van der Waals surface area contributed by atoms with Gasteiger partial charge in [-0.3, -0.25) is 9.48 Å². The minimum atomic E-state index is -0.236. The number of ether oxygens (including phenoxy) is 2. The number of aryl methyl sites for hydroxylation is 1. The van der Waals surface area contributed by atoms with Crippen LogP contribution in [0.1, 0.15) is 22.5 Å². The van der Waals surface area contributed by atoms with Crippen molar-refractivity contribution < 1.29 is 14.3 Å². The normalized spacial score (nSPS) is 16.7. The number of likely N-dealkylation sites (tertiary alicyclic amines) is 1. The van der Waals surface area contributed by atoms with E-state index in [0.29, 0.717) is 31.0 Å². The van der Waals surface area contributed by atoms with Gasteiger partial charge in [0.1, 0.15) is 17.7 Å². The monoisotopic (exact) mass is 328 g/mol. The third-order valence-corrected chi connectivity index (χ3v) is 3.70. The lowest BCUT2D eigenvalue weighted by atomic mass is 10.3. The lowest BCUT2D eigenvalue weighted by Crippen LogP contribution is -2.31. The van der Waals surface area contributed by atoms with E-state index in [2.05, 4.69) is 15.1 Å². The van der Waals surface area contributed by atoms with Crippen molar-refractivity contribution in [3.63, 3.8) is 0 Å². The lowest BCUT2D eigenvalue weighted by Gasteiger charge is -2.16. The molecule has 0 aromatic carbocycles. The Hall–Kier alpha value is -3.15. The summed E-state index contributed by atoms with van der Waals surface area (Å²) in [7, 11) is 3.21. The van der Waals surface area contributed by atoms with Crippen LogP contribution in [-0.2, 0) is 7.05 Å². The average Bonchev–Trinajstić information content (AvgIpc) is 3.21. The van der Waals surface area contributed by atoms with Gasteiger partial charge in [-0.25, -0.2) is 9.97 Å². The van der Waals surface area contributed by atoms with Gasteiger partial charge in [-0.2, -0.15) is 5.26 Å². The fraction of sp³-hybridized carbons (Fsp3) is 0.400. The first-order valence-corrected chi connectivity index (χ1v) is 7.37. The van der Waals surface area contributed by atoms with Crippen molar-refractivity contribution in [2.75, 3.05) is 20.2 Å². The number of carbonyl (C=O) groups excluding carboxylic acids is 1. The van der Waals surface area contributed by atoms with E-state index in [4.69, 9.17) is 14.7 Å². The predicted octanol–water partition coefficient (Wildman–Crippen LogP) is 0.384. The summed E-state index contributed by atoms with van der Waals surface area (Å²) in [6.07, 6.45) is 4.95. The number of hydrogen-bond donors (Lipinski definition) is 0. The zero-order valence-electron chi connectivity index (χ0n) is 13.3. The van der Waals surface area contributed by atoms with E-state index in [9.17, 15) is 4.79 Å². The molecule has 0 radical (unpaired) electrons. The van der Waals surface area contributed by atoms with Crippen molar-refractivity contribution >= 4 is 5.91 Å². The molecule has 1 saturated heterocycles. The van der Waals surface area contributed by atoms with Crippen LogP contribution in [0.4, 0.5) is 0 Å². The molecule has 2 aromatic rings. The summed E-state index contributed by atoms with van der Waals surface area (Å²) in [4.78, 5) is 22.2. The Kier molecular flexibility index (Phi) is 4.29. The highest BCUT2D eigenvalue weighted by Crippen LogP contribution is 2.23. The molecule has 1 amide bonds. The Labute approximate surface area is 138 Å². The van der Waals surface area contributed by atoms with E-state index in [1.54, 1.807) is 18.1 Å². The van der Waals surface area contributed by atoms with E-state index in [1.165, 1.54) is 24.2 Å². The maximum absolute atomic E-state index is 12.6. The van der Waals surface area contributed by atoms with Crippen molar-refractivity contribution in [3.8, 4) is 17.8 Å². The van der Waals surface area contributed by atoms with Gasteiger partial charge in [-0.1, -0.05) is 0 Å². The second kappa shape index (κ2) is 6.54. The molecule has 0 spiro atoms. The third kappa shape index (κ3) is 2.99. The maximum Gasteiger partial charge on any atom is 0.261 e. The van der Waals surface area contributed by atoms with Crippen LogP contribution in [0.15, 0.2) is 18.6 Å². The molecular weight excluding hydrogens is 312 g/mol. The number of aromatic nitrogens is 4. The van der Waals surface area contributed by atoms with Crippen LogP contribution >= 0.6 is 0 Å². The molecule has 0 unspecified atom stereocenters. The Balaban J connectivity index is 1.69. The summed E-state index contributed by atoms with van der Waals surface area (Å²) >= 11 is 0. The minimum Gasteiger partial charge on any atom is -0.479 e. The molecular formula is C15H16N6O3. The van der Waals surface area contributed by atoms with E-state index < -0.39 is 0 Å². The van der Waals surface area contributed by atoms with Crippen LogP contribution in [0.2, 0.25) is 0 Å². The highest BCUT2D eigenvalue weighted by molar-refractivity contribution is 5.96. The second-order valence-electron chi connectivity index (χ2n) is 5.33. The Morgan fingerprint density at radius 3 is 2.92 bits per heavy atom. The number of hydrogen-bond acceptors (Lipinski definition) is 7. The van der Waals surface area contributed by atoms with E-state index >= 15 is 0 Å². The molecule has 0 N–H and O–H groups in total. The van der Waals surface area contributed by atoms with Crippen LogP contribution in [0, 0.1) is 11.3 Å². The molecule has 0 bridgehead atoms. The standard InChI is InChI=1S/C15H16N6O3/c1-20-9-11(13(19-20)23-2)15(22)21-6-3-10(8-21)24-14-12(7-16)17-4-5-18-14/h4-5,9-10H,3,6,8H2,1-2H3/t10-/m1/s1. The number of amides is 1. The summed E-state index contributed by atoms with van der Waals surface area (Å²) in [5.74, 6) is 0.330. The number of nitrogens with zero attached hydrogens (tertiary/aromatic N) is 6. The van der Waals surface area contributed by atoms with Gasteiger partial charge in [0.2, 0.25) is 11.6 Å². The van der Waals surface area contributed by atoms with Crippen molar-refractivity contribution in [2.24, 2.45) is 7.05 Å². The van der Waals surface area contributed by atoms with Crippen LogP contribution < -0.4 is 9.47 Å². The van der Waals surface area contributed by atoms with Gasteiger partial charge in [0.05, 0.1) is 13.7 Å². The largest absolute Gasteiger partial charge is 0.479 e. The Morgan fingerprint density at radius 1 is 1.38 bits per heavy atom. The molecule has 3 heterocycles. The van der Waals surface area contributed by atoms with Crippen LogP contribution in [0.25, 0.3) is 0 Å². The minimum absolute atomic E-state index is 0.135. The molecule has 1 fully saturated rings. The molecule has 9 nitrogen and oxygen atoms in total. The van der Waals surface area contributed by atoms with Crippen molar-refractivity contribution in [1.29, 1.82) is 5.26 Å². The zero-order valence-corrected chi connectivity index (χ0v) is 13.3. The molecule has 9 heteroatoms. The number of carbonyl (C=O) groups is 1. The first-order valence-electron chi connectivity index (χ1n) is 7.37. The highest BCUT2D eigenvalue weighted by atomic mass is 16.5. The molecule has 24 heavy (non-hydrogen) atoms. The van der Waals surface area contributed by atoms with Gasteiger partial charge in [-0.05, 0) is 0 Å². The molecule has 3 rings (SSSR count). The average molecular weight is 328 g/mol. The van der Waals surface area contributed by atoms with Gasteiger partial charge < -0.3 is 14.4 Å². The molecule has 0 aliphatic carbocycles. The molecule has 0 saturated carbocycles. The summed E-state index contributed by atoms with van der Waals surface area (Å²) in [6, 6.07) is 1.94. The highest BCUT2D eigenvalue weighted by Gasteiger charge is 2.31. The predicted molar refractivity (Wildman–Crippen MR) is 81.4 cm³/mol. The maximum atomic E-state index is 12.6. The first-order chi connectivity index (χ1) is 11.6. The Morgan fingerprint density at radius 2 is 2.17 bits per heavy atom. The number of rotatable bonds is 4. The van der Waals surface area contributed by atoms with Gasteiger partial charge in [0.15, 0.2) is 0 Å². The number of nitriles is 1. The summed E-state index contributed by atoms with van der Waals surface area (Å²) in [6.45, 7) is 0.946. The Bertz CT molecular complexity index is 797. The van der Waals surface area contributed by atoms with Gasteiger partial charge in [0, 0.05) is 38.6 Å². The van der Waals surface area contributed by atoms with Gasteiger partial charge in [-0.15, -0.1) is 5.10 Å². The SMILES string of the molecule is COc1nn(C)cc1C(=O)N1CC[C@@H](Oc2nccnc2C#N)C1. The summed E-state index contributed by atoms with van der Waals surface area (Å²) in [5.41, 5.74) is 0.550. The van der Waals surface area contributed by atoms with E-state index in [0.717, 1.165) is 0 Å². The van der Waals surface area contributed by atoms with Crippen LogP contribution in [-0.4, -0.2) is 56.9 Å². The van der Waals surface area contributed by atoms with Crippen LogP contribution in [0.5, 0.6) is 11.8 Å². The summed E-state index contributed by atoms with van der Waals surface area (Å²) < 4.78 is 12.4. The van der Waals surface area contributed by atoms with Crippen molar-refractivity contribution in [2.45, 2.75) is 12.5 Å². The van der Waals surface area contributed by atoms with E-state index in [1.807, 2.05) is 6.07 Å². The first kappa shape index (κ1) is 15.7. The molecule has 1 aliphatic rings.